The van der Waals surface area contributed by atoms with Crippen LogP contribution in [0.15, 0.2) is 30.9 Å². The summed E-state index contributed by atoms with van der Waals surface area (Å²) in [5, 5.41) is 0.902. The van der Waals surface area contributed by atoms with Crippen LogP contribution in [-0.4, -0.2) is 26.2 Å². The van der Waals surface area contributed by atoms with Crippen molar-refractivity contribution < 1.29 is 4.79 Å². The summed E-state index contributed by atoms with van der Waals surface area (Å²) in [7, 11) is 0. The third kappa shape index (κ3) is 1.56. The molecule has 0 amide bonds. The van der Waals surface area contributed by atoms with Crippen molar-refractivity contribution in [2.24, 2.45) is 0 Å². The van der Waals surface area contributed by atoms with E-state index in [1.165, 1.54) is 6.33 Å². The van der Waals surface area contributed by atoms with Crippen molar-refractivity contribution in [3.63, 3.8) is 0 Å². The second-order valence-corrected chi connectivity index (χ2v) is 4.03. The van der Waals surface area contributed by atoms with Crippen LogP contribution in [0.25, 0.3) is 22.3 Å². The minimum atomic E-state index is 0.274. The maximum absolute atomic E-state index is 11.1. The smallest absolute Gasteiger partial charge is 0.153 e. The van der Waals surface area contributed by atoms with Gasteiger partial charge in [0.25, 0.3) is 0 Å². The number of H-pyrrole nitrogens is 1. The fraction of sp³-hybridized carbons (Fsp3) is 0. The lowest BCUT2D eigenvalue weighted by atomic mass is 10.1. The Morgan fingerprint density at radius 1 is 1.22 bits per heavy atom. The number of rotatable bonds is 2. The quantitative estimate of drug-likeness (QED) is 0.717. The fourth-order valence-corrected chi connectivity index (χ4v) is 2.08. The number of nitrogens with one attached hydrogen (secondary N) is 1. The number of hydrogen-bond donors (Lipinski definition) is 1. The highest BCUT2D eigenvalue weighted by atomic mass is 35.5. The Labute approximate surface area is 107 Å². The van der Waals surface area contributed by atoms with Gasteiger partial charge in [0.05, 0.1) is 16.6 Å². The molecule has 0 aliphatic heterocycles. The highest BCUT2D eigenvalue weighted by Gasteiger charge is 2.15. The van der Waals surface area contributed by atoms with E-state index in [1.54, 1.807) is 12.4 Å². The lowest BCUT2D eigenvalue weighted by Crippen LogP contribution is -1.89. The Bertz CT molecular complexity index is 724. The highest BCUT2D eigenvalue weighted by Crippen LogP contribution is 2.30. The first-order valence-corrected chi connectivity index (χ1v) is 5.57. The number of aromatic nitrogens is 4. The Hall–Kier alpha value is -2.27. The molecule has 0 unspecified atom stereocenters. The van der Waals surface area contributed by atoms with Crippen LogP contribution in [0.2, 0.25) is 5.15 Å². The van der Waals surface area contributed by atoms with Gasteiger partial charge in [-0.25, -0.2) is 9.97 Å². The molecule has 3 rings (SSSR count). The summed E-state index contributed by atoms with van der Waals surface area (Å²) in [6.07, 6.45) is 5.46. The summed E-state index contributed by atoms with van der Waals surface area (Å²) in [4.78, 5) is 26.2. The molecule has 5 nitrogen and oxygen atoms in total. The van der Waals surface area contributed by atoms with Gasteiger partial charge in [0.1, 0.15) is 17.1 Å². The zero-order valence-corrected chi connectivity index (χ0v) is 9.85. The van der Waals surface area contributed by atoms with Gasteiger partial charge in [-0.3, -0.25) is 9.78 Å². The third-order valence-electron chi connectivity index (χ3n) is 2.65. The first kappa shape index (κ1) is 10.9. The molecule has 1 N–H and O–H groups in total. The predicted octanol–water partition coefficient (Wildman–Crippen LogP) is 2.49. The van der Waals surface area contributed by atoms with Crippen LogP contribution in [-0.2, 0) is 0 Å². The average Bonchev–Trinajstić information content (AvgIpc) is 2.74. The molecule has 6 heteroatoms. The third-order valence-corrected chi connectivity index (χ3v) is 2.95. The van der Waals surface area contributed by atoms with Gasteiger partial charge < -0.3 is 4.98 Å². The molecule has 0 spiro atoms. The second-order valence-electron chi connectivity index (χ2n) is 3.65. The molecule has 0 aliphatic carbocycles. The molecule has 0 atom stereocenters. The number of carbonyl (C=O) groups excluding carboxylic acids is 1. The Morgan fingerprint density at radius 2 is 2.00 bits per heavy atom. The fourth-order valence-electron chi connectivity index (χ4n) is 1.86. The van der Waals surface area contributed by atoms with Crippen molar-refractivity contribution in [2.45, 2.75) is 0 Å². The molecular weight excluding hydrogens is 252 g/mol. The molecule has 0 saturated heterocycles. The van der Waals surface area contributed by atoms with E-state index in [2.05, 4.69) is 19.9 Å². The van der Waals surface area contributed by atoms with E-state index in [1.807, 2.05) is 12.1 Å². The molecule has 0 aromatic carbocycles. The highest BCUT2D eigenvalue weighted by molar-refractivity contribution is 6.34. The van der Waals surface area contributed by atoms with Gasteiger partial charge in [-0.15, -0.1) is 0 Å². The summed E-state index contributed by atoms with van der Waals surface area (Å²) >= 11 is 5.96. The monoisotopic (exact) mass is 258 g/mol. The van der Waals surface area contributed by atoms with Gasteiger partial charge in [-0.05, 0) is 12.1 Å². The van der Waals surface area contributed by atoms with Gasteiger partial charge in [0.15, 0.2) is 6.29 Å². The SMILES string of the molecule is O=Cc1c(Cl)[nH]c2ncnc(-c3ccncc3)c12. The number of pyridine rings is 1. The predicted molar refractivity (Wildman–Crippen MR) is 67.5 cm³/mol. The van der Waals surface area contributed by atoms with Crippen molar-refractivity contribution in [3.05, 3.63) is 41.6 Å². The summed E-state index contributed by atoms with van der Waals surface area (Å²) < 4.78 is 0. The number of halogens is 1. The van der Waals surface area contributed by atoms with E-state index >= 15 is 0 Å². The van der Waals surface area contributed by atoms with Crippen LogP contribution in [0.4, 0.5) is 0 Å². The van der Waals surface area contributed by atoms with Gasteiger partial charge >= 0.3 is 0 Å². The second kappa shape index (κ2) is 4.19. The molecule has 3 heterocycles. The minimum Gasteiger partial charge on any atom is -0.330 e. The van der Waals surface area contributed by atoms with E-state index in [9.17, 15) is 4.79 Å². The van der Waals surface area contributed by atoms with Crippen LogP contribution in [0.1, 0.15) is 10.4 Å². The normalized spacial score (nSPS) is 10.7. The van der Waals surface area contributed by atoms with Crippen molar-refractivity contribution in [1.82, 2.24) is 19.9 Å². The minimum absolute atomic E-state index is 0.274. The molecule has 0 fully saturated rings. The van der Waals surface area contributed by atoms with Crippen molar-refractivity contribution >= 4 is 28.9 Å². The molecule has 0 saturated carbocycles. The van der Waals surface area contributed by atoms with Crippen LogP contribution in [0.3, 0.4) is 0 Å². The van der Waals surface area contributed by atoms with E-state index in [0.717, 1.165) is 5.56 Å². The lowest BCUT2D eigenvalue weighted by molar-refractivity contribution is 0.112. The average molecular weight is 259 g/mol. The number of aromatic amines is 1. The summed E-state index contributed by atoms with van der Waals surface area (Å²) in [6.45, 7) is 0. The maximum atomic E-state index is 11.1. The molecule has 0 radical (unpaired) electrons. The summed E-state index contributed by atoms with van der Waals surface area (Å²) in [6, 6.07) is 3.63. The van der Waals surface area contributed by atoms with Gasteiger partial charge in [-0.2, -0.15) is 0 Å². The standard InChI is InChI=1S/C12H7ClN4O/c13-11-8(5-18)9-10(7-1-3-14-4-2-7)15-6-16-12(9)17-11/h1-6H,(H,15,16,17). The molecular formula is C12H7ClN4O. The molecule has 18 heavy (non-hydrogen) atoms. The molecule has 3 aromatic heterocycles. The Kier molecular flexibility index (Phi) is 2.53. The van der Waals surface area contributed by atoms with E-state index in [-0.39, 0.29) is 5.15 Å². The number of nitrogens with zero attached hydrogens (tertiary/aromatic N) is 3. The zero-order valence-electron chi connectivity index (χ0n) is 9.09. The first-order chi connectivity index (χ1) is 8.81. The Morgan fingerprint density at radius 3 is 2.72 bits per heavy atom. The van der Waals surface area contributed by atoms with Crippen LogP contribution >= 0.6 is 11.6 Å². The molecule has 88 valence electrons. The summed E-state index contributed by atoms with van der Waals surface area (Å²) in [5.41, 5.74) is 2.44. The maximum Gasteiger partial charge on any atom is 0.153 e. The van der Waals surface area contributed by atoms with Gasteiger partial charge in [0.2, 0.25) is 0 Å². The van der Waals surface area contributed by atoms with Gasteiger partial charge in [-0.1, -0.05) is 11.6 Å². The van der Waals surface area contributed by atoms with Gasteiger partial charge in [0, 0.05) is 18.0 Å². The van der Waals surface area contributed by atoms with E-state index in [4.69, 9.17) is 11.6 Å². The summed E-state index contributed by atoms with van der Waals surface area (Å²) in [5.74, 6) is 0. The van der Waals surface area contributed by atoms with E-state index < -0.39 is 0 Å². The van der Waals surface area contributed by atoms with Crippen molar-refractivity contribution in [1.29, 1.82) is 0 Å². The molecule has 0 aliphatic rings. The molecule has 3 aromatic rings. The number of hydrogen-bond acceptors (Lipinski definition) is 4. The van der Waals surface area contributed by atoms with Crippen molar-refractivity contribution in [2.75, 3.05) is 0 Å². The Balaban J connectivity index is 2.40. The van der Waals surface area contributed by atoms with Crippen molar-refractivity contribution in [3.8, 4) is 11.3 Å². The first-order valence-electron chi connectivity index (χ1n) is 5.19. The number of aldehydes is 1. The zero-order chi connectivity index (χ0) is 12.5. The number of fused-ring (bicyclic) bond motifs is 1. The van der Waals surface area contributed by atoms with Crippen LogP contribution in [0.5, 0.6) is 0 Å². The number of carbonyl (C=O) groups is 1. The van der Waals surface area contributed by atoms with Crippen LogP contribution in [0, 0.1) is 0 Å². The lowest BCUT2D eigenvalue weighted by Gasteiger charge is -2.01. The topological polar surface area (TPSA) is 71.5 Å². The van der Waals surface area contributed by atoms with Crippen LogP contribution < -0.4 is 0 Å². The van der Waals surface area contributed by atoms with E-state index in [0.29, 0.717) is 28.6 Å². The molecule has 0 bridgehead atoms. The largest absolute Gasteiger partial charge is 0.330 e.